The van der Waals surface area contributed by atoms with Crippen molar-refractivity contribution in [1.29, 1.82) is 0 Å². The number of aromatic nitrogens is 5. The predicted molar refractivity (Wildman–Crippen MR) is 133 cm³/mol. The molecule has 0 spiro atoms. The van der Waals surface area contributed by atoms with Crippen molar-refractivity contribution in [2.45, 2.75) is 50.5 Å². The fourth-order valence-electron chi connectivity index (χ4n) is 5.78. The third-order valence-electron chi connectivity index (χ3n) is 7.90. The summed E-state index contributed by atoms with van der Waals surface area (Å²) in [6, 6.07) is 8.44. The minimum atomic E-state index is -4.66. The average Bonchev–Trinajstić information content (AvgIpc) is 3.54. The third kappa shape index (κ3) is 4.42. The van der Waals surface area contributed by atoms with E-state index in [0.717, 1.165) is 41.1 Å². The maximum absolute atomic E-state index is 14.1. The molecule has 1 aromatic carbocycles. The summed E-state index contributed by atoms with van der Waals surface area (Å²) in [6.45, 7) is 0.792. The molecule has 4 aromatic rings. The second-order valence-electron chi connectivity index (χ2n) is 10.5. The number of hydrogen-bond donors (Lipinski definition) is 0. The summed E-state index contributed by atoms with van der Waals surface area (Å²) in [5, 5.41) is 8.37. The first-order valence-electron chi connectivity index (χ1n) is 12.8. The van der Waals surface area contributed by atoms with Crippen LogP contribution in [0.1, 0.15) is 54.1 Å². The molecule has 0 radical (unpaired) electrons. The van der Waals surface area contributed by atoms with Gasteiger partial charge in [0.1, 0.15) is 18.3 Å². The van der Waals surface area contributed by atoms with Crippen molar-refractivity contribution in [3.63, 3.8) is 0 Å². The number of halogens is 4. The van der Waals surface area contributed by atoms with Crippen LogP contribution in [-0.4, -0.2) is 47.9 Å². The van der Waals surface area contributed by atoms with Crippen LogP contribution in [0.2, 0.25) is 0 Å². The fourth-order valence-corrected chi connectivity index (χ4v) is 5.78. The van der Waals surface area contributed by atoms with Crippen LogP contribution in [0.5, 0.6) is 0 Å². The SMILES string of the molecule is Cn1cnnc1[C@@H](c1cccc(-n2cc3c(C(F)(F)F)cc(CN4CC[C@H](F)C4)cn3c2=O)c1)C1CCC1. The van der Waals surface area contributed by atoms with Crippen molar-refractivity contribution in [1.82, 2.24) is 28.6 Å². The maximum atomic E-state index is 14.1. The van der Waals surface area contributed by atoms with Crippen LogP contribution >= 0.6 is 0 Å². The van der Waals surface area contributed by atoms with Gasteiger partial charge in [-0.05, 0) is 54.5 Å². The standard InChI is InChI=1S/C27H28F4N6O/c1-34-16-32-33-25(34)24(18-4-2-5-18)19-6-3-7-21(11-19)36-15-23-22(27(29,30)31)10-17(13-37(23)26(36)38)12-35-9-8-20(28)14-35/h3,6-7,10-11,13,15-16,18,20,24H,2,4-5,8-9,12,14H2,1H3/t20-,24+/m0/s1. The van der Waals surface area contributed by atoms with E-state index in [1.54, 1.807) is 17.3 Å². The number of pyridine rings is 1. The molecule has 7 nitrogen and oxygen atoms in total. The summed E-state index contributed by atoms with van der Waals surface area (Å²) in [4.78, 5) is 15.2. The van der Waals surface area contributed by atoms with E-state index in [2.05, 4.69) is 10.2 Å². The lowest BCUT2D eigenvalue weighted by Crippen LogP contribution is -2.24. The van der Waals surface area contributed by atoms with Gasteiger partial charge >= 0.3 is 11.9 Å². The lowest BCUT2D eigenvalue weighted by molar-refractivity contribution is -0.136. The van der Waals surface area contributed by atoms with Gasteiger partial charge in [0.2, 0.25) is 0 Å². The molecule has 1 aliphatic carbocycles. The number of hydrogen-bond acceptors (Lipinski definition) is 4. The Morgan fingerprint density at radius 3 is 2.58 bits per heavy atom. The van der Waals surface area contributed by atoms with Crippen LogP contribution in [0.15, 0.2) is 53.8 Å². The molecule has 2 atom stereocenters. The molecule has 6 rings (SSSR count). The molecule has 11 heteroatoms. The number of fused-ring (bicyclic) bond motifs is 1. The Balaban J connectivity index is 1.43. The van der Waals surface area contributed by atoms with Gasteiger partial charge in [-0.1, -0.05) is 18.6 Å². The van der Waals surface area contributed by atoms with Crippen LogP contribution in [-0.2, 0) is 19.8 Å². The van der Waals surface area contributed by atoms with Gasteiger partial charge in [-0.25, -0.2) is 9.18 Å². The quantitative estimate of drug-likeness (QED) is 0.340. The Bertz CT molecular complexity index is 1530. The Morgan fingerprint density at radius 1 is 1.13 bits per heavy atom. The number of likely N-dealkylation sites (tertiary alicyclic amines) is 1. The highest BCUT2D eigenvalue weighted by Gasteiger charge is 2.36. The normalized spacial score (nSPS) is 19.8. The van der Waals surface area contributed by atoms with Gasteiger partial charge in [-0.3, -0.25) is 13.9 Å². The number of benzene rings is 1. The highest BCUT2D eigenvalue weighted by molar-refractivity contribution is 5.58. The van der Waals surface area contributed by atoms with E-state index in [-0.39, 0.29) is 24.5 Å². The van der Waals surface area contributed by atoms with Crippen molar-refractivity contribution in [2.24, 2.45) is 13.0 Å². The smallest absolute Gasteiger partial charge is 0.320 e. The molecule has 2 aliphatic rings. The molecule has 4 heterocycles. The van der Waals surface area contributed by atoms with E-state index in [0.29, 0.717) is 30.1 Å². The fraction of sp³-hybridized carbons (Fsp3) is 0.444. The number of rotatable bonds is 6. The summed E-state index contributed by atoms with van der Waals surface area (Å²) < 4.78 is 60.2. The predicted octanol–water partition coefficient (Wildman–Crippen LogP) is 4.71. The highest BCUT2D eigenvalue weighted by atomic mass is 19.4. The van der Waals surface area contributed by atoms with E-state index < -0.39 is 23.6 Å². The molecule has 1 saturated carbocycles. The second kappa shape index (κ2) is 9.37. The summed E-state index contributed by atoms with van der Waals surface area (Å²) in [5.41, 5.74) is 0.0527. The van der Waals surface area contributed by atoms with Crippen LogP contribution in [0, 0.1) is 5.92 Å². The third-order valence-corrected chi connectivity index (χ3v) is 7.90. The van der Waals surface area contributed by atoms with Crippen molar-refractivity contribution in [3.05, 3.63) is 82.1 Å². The Hall–Kier alpha value is -3.47. The van der Waals surface area contributed by atoms with Crippen molar-refractivity contribution >= 4 is 5.52 Å². The van der Waals surface area contributed by atoms with E-state index in [4.69, 9.17) is 0 Å². The zero-order valence-electron chi connectivity index (χ0n) is 20.9. The second-order valence-corrected chi connectivity index (χ2v) is 10.5. The van der Waals surface area contributed by atoms with Gasteiger partial charge in [0.05, 0.1) is 16.8 Å². The van der Waals surface area contributed by atoms with Crippen molar-refractivity contribution in [3.8, 4) is 5.69 Å². The summed E-state index contributed by atoms with van der Waals surface area (Å²) in [5.74, 6) is 1.18. The summed E-state index contributed by atoms with van der Waals surface area (Å²) in [7, 11) is 1.89. The molecule has 2 fully saturated rings. The number of aryl methyl sites for hydroxylation is 1. The lowest BCUT2D eigenvalue weighted by Gasteiger charge is -2.33. The molecule has 0 unspecified atom stereocenters. The lowest BCUT2D eigenvalue weighted by atomic mass is 9.72. The van der Waals surface area contributed by atoms with Gasteiger partial charge in [0.15, 0.2) is 0 Å². The first kappa shape index (κ1) is 24.8. The molecule has 38 heavy (non-hydrogen) atoms. The van der Waals surface area contributed by atoms with E-state index in [1.165, 1.54) is 17.0 Å². The largest absolute Gasteiger partial charge is 0.418 e. The zero-order valence-corrected chi connectivity index (χ0v) is 20.9. The molecule has 1 saturated heterocycles. The van der Waals surface area contributed by atoms with Crippen molar-refractivity contribution < 1.29 is 17.6 Å². The molecule has 1 aliphatic heterocycles. The first-order valence-corrected chi connectivity index (χ1v) is 12.8. The molecule has 0 amide bonds. The summed E-state index contributed by atoms with van der Waals surface area (Å²) >= 11 is 0. The molecule has 0 N–H and O–H groups in total. The topological polar surface area (TPSA) is 60.4 Å². The van der Waals surface area contributed by atoms with Crippen molar-refractivity contribution in [2.75, 3.05) is 13.1 Å². The van der Waals surface area contributed by atoms with Crippen LogP contribution < -0.4 is 5.69 Å². The molecular formula is C27H28F4N6O. The van der Waals surface area contributed by atoms with Gasteiger partial charge < -0.3 is 4.57 Å². The molecule has 0 bridgehead atoms. The molecule has 3 aromatic heterocycles. The van der Waals surface area contributed by atoms with Crippen LogP contribution in [0.3, 0.4) is 0 Å². The summed E-state index contributed by atoms with van der Waals surface area (Å²) in [6.07, 6.45) is 2.30. The van der Waals surface area contributed by atoms with Gasteiger partial charge in [-0.15, -0.1) is 10.2 Å². The van der Waals surface area contributed by atoms with Gasteiger partial charge in [-0.2, -0.15) is 13.2 Å². The number of alkyl halides is 4. The van der Waals surface area contributed by atoms with Gasteiger partial charge in [0, 0.05) is 45.0 Å². The minimum Gasteiger partial charge on any atom is -0.320 e. The van der Waals surface area contributed by atoms with E-state index >= 15 is 0 Å². The molecule has 200 valence electrons. The van der Waals surface area contributed by atoms with E-state index in [9.17, 15) is 22.4 Å². The zero-order chi connectivity index (χ0) is 26.6. The first-order chi connectivity index (χ1) is 18.2. The Labute approximate surface area is 216 Å². The number of imidazole rings is 1. The minimum absolute atomic E-state index is 0.0268. The highest BCUT2D eigenvalue weighted by Crippen LogP contribution is 2.43. The molecular weight excluding hydrogens is 500 g/mol. The monoisotopic (exact) mass is 528 g/mol. The van der Waals surface area contributed by atoms with Gasteiger partial charge in [0.25, 0.3) is 0 Å². The van der Waals surface area contributed by atoms with E-state index in [1.807, 2.05) is 29.8 Å². The van der Waals surface area contributed by atoms with Crippen LogP contribution in [0.4, 0.5) is 17.6 Å². The maximum Gasteiger partial charge on any atom is 0.418 e. The average molecular weight is 529 g/mol. The number of nitrogens with zero attached hydrogens (tertiary/aromatic N) is 6. The Morgan fingerprint density at radius 2 is 1.95 bits per heavy atom. The van der Waals surface area contributed by atoms with Crippen LogP contribution in [0.25, 0.3) is 11.2 Å². The Kier molecular flexibility index (Phi) is 6.13.